The molecule has 9 nitrogen and oxygen atoms in total. The number of allylic oxidation sites excluding steroid dienone is 6. The van der Waals surface area contributed by atoms with Crippen LogP contribution in [-0.4, -0.2) is 89.6 Å². The number of ether oxygens (including phenoxy) is 4. The minimum Gasteiger partial charge on any atom is -0.457 e. The molecule has 0 aromatic rings. The van der Waals surface area contributed by atoms with Gasteiger partial charge in [0.1, 0.15) is 30.5 Å². The zero-order valence-electron chi connectivity index (χ0n) is 44.4. The number of carbonyl (C=O) groups is 1. The Morgan fingerprint density at radius 1 is 0.471 bits per heavy atom. The number of esters is 1. The van der Waals surface area contributed by atoms with Crippen molar-refractivity contribution in [1.29, 1.82) is 0 Å². The lowest BCUT2D eigenvalue weighted by atomic mass is 9.99. The van der Waals surface area contributed by atoms with Crippen LogP contribution < -0.4 is 0 Å². The van der Waals surface area contributed by atoms with Gasteiger partial charge in [-0.25, -0.2) is 0 Å². The van der Waals surface area contributed by atoms with Crippen LogP contribution in [0.5, 0.6) is 0 Å². The van der Waals surface area contributed by atoms with Crippen LogP contribution in [0, 0.1) is 0 Å². The Morgan fingerprint density at radius 3 is 1.28 bits per heavy atom. The molecule has 400 valence electrons. The molecule has 68 heavy (non-hydrogen) atoms. The van der Waals surface area contributed by atoms with Crippen LogP contribution in [0.2, 0.25) is 0 Å². The highest BCUT2D eigenvalue weighted by molar-refractivity contribution is 5.69. The molecule has 1 aliphatic rings. The SMILES string of the molecule is CCCCCCC/C=C\C/C=C\CCCCCCCCCCCCCC(=O)OC(COCCCCCCCCCCCC/C=C\CCCCCCCCCC)COC1OC(CO)C(O)C(O)C1O. The molecule has 0 radical (unpaired) electrons. The predicted octanol–water partition coefficient (Wildman–Crippen LogP) is 15.0. The highest BCUT2D eigenvalue weighted by atomic mass is 16.7. The summed E-state index contributed by atoms with van der Waals surface area (Å²) in [7, 11) is 0. The van der Waals surface area contributed by atoms with Crippen molar-refractivity contribution in [3.63, 3.8) is 0 Å². The zero-order chi connectivity index (χ0) is 49.2. The van der Waals surface area contributed by atoms with Crippen molar-refractivity contribution in [3.8, 4) is 0 Å². The third-order valence-corrected chi connectivity index (χ3v) is 13.5. The Kier molecular flexibility index (Phi) is 47.7. The fraction of sp³-hybridized carbons (Fsp3) is 0.881. The van der Waals surface area contributed by atoms with Gasteiger partial charge in [0.2, 0.25) is 0 Å². The molecule has 1 rings (SSSR count). The summed E-state index contributed by atoms with van der Waals surface area (Å²) in [6, 6.07) is 0. The van der Waals surface area contributed by atoms with Gasteiger partial charge >= 0.3 is 5.97 Å². The van der Waals surface area contributed by atoms with E-state index in [1.807, 2.05) is 0 Å². The Bertz CT molecular complexity index is 1140. The summed E-state index contributed by atoms with van der Waals surface area (Å²) in [4.78, 5) is 12.9. The lowest BCUT2D eigenvalue weighted by Gasteiger charge is -2.39. The van der Waals surface area contributed by atoms with Crippen molar-refractivity contribution >= 4 is 5.97 Å². The van der Waals surface area contributed by atoms with E-state index in [4.69, 9.17) is 18.9 Å². The molecule has 1 aliphatic heterocycles. The van der Waals surface area contributed by atoms with Gasteiger partial charge in [-0.05, 0) is 70.6 Å². The number of aliphatic hydroxyl groups is 4. The van der Waals surface area contributed by atoms with Crippen LogP contribution in [0.25, 0.3) is 0 Å². The summed E-state index contributed by atoms with van der Waals surface area (Å²) in [5.41, 5.74) is 0. The molecule has 1 heterocycles. The molecule has 1 fully saturated rings. The molecule has 6 unspecified atom stereocenters. The highest BCUT2D eigenvalue weighted by Crippen LogP contribution is 2.23. The summed E-state index contributed by atoms with van der Waals surface area (Å²) in [5, 5.41) is 40.4. The zero-order valence-corrected chi connectivity index (χ0v) is 44.4. The first-order chi connectivity index (χ1) is 33.4. The van der Waals surface area contributed by atoms with Crippen LogP contribution in [0.15, 0.2) is 36.5 Å². The van der Waals surface area contributed by atoms with E-state index in [1.165, 1.54) is 212 Å². The maximum Gasteiger partial charge on any atom is 0.306 e. The molecule has 0 aromatic carbocycles. The first-order valence-corrected chi connectivity index (χ1v) is 29.1. The van der Waals surface area contributed by atoms with E-state index in [-0.39, 0.29) is 19.2 Å². The number of aliphatic hydroxyl groups excluding tert-OH is 4. The van der Waals surface area contributed by atoms with Crippen molar-refractivity contribution in [2.75, 3.05) is 26.4 Å². The number of hydrogen-bond acceptors (Lipinski definition) is 9. The standard InChI is InChI=1S/C59H110O9/c1-3-5-7-9-11-13-15-17-19-21-23-25-27-28-30-32-34-36-38-40-42-44-46-48-55(61)67-53(52-66-59-58(64)57(63)56(62)54(50-60)68-59)51-65-49-47-45-43-41-39-37-35-33-31-29-26-24-22-20-18-16-14-12-10-8-6-4-2/h15,17,21-24,53-54,56-60,62-64H,3-14,16,18-20,25-52H2,1-2H3/b17-15-,23-21-,24-22-. The molecule has 6 atom stereocenters. The van der Waals surface area contributed by atoms with Crippen LogP contribution in [0.4, 0.5) is 0 Å². The van der Waals surface area contributed by atoms with Crippen LogP contribution in [0.1, 0.15) is 271 Å². The molecule has 0 bridgehead atoms. The molecule has 0 aliphatic carbocycles. The van der Waals surface area contributed by atoms with Gasteiger partial charge in [-0.2, -0.15) is 0 Å². The molecule has 9 heteroatoms. The Morgan fingerprint density at radius 2 is 0.853 bits per heavy atom. The Labute approximate surface area is 419 Å². The molecule has 4 N–H and O–H groups in total. The average molecular weight is 964 g/mol. The largest absolute Gasteiger partial charge is 0.457 e. The van der Waals surface area contributed by atoms with Crippen LogP contribution in [0.3, 0.4) is 0 Å². The average Bonchev–Trinajstić information content (AvgIpc) is 3.34. The van der Waals surface area contributed by atoms with Gasteiger partial charge < -0.3 is 39.4 Å². The number of rotatable bonds is 51. The summed E-state index contributed by atoms with van der Waals surface area (Å²) in [6.45, 7) is 4.59. The normalized spacial score (nSPS) is 19.3. The smallest absolute Gasteiger partial charge is 0.306 e. The van der Waals surface area contributed by atoms with Crippen molar-refractivity contribution < 1.29 is 44.2 Å². The summed E-state index contributed by atoms with van der Waals surface area (Å²) >= 11 is 0. The summed E-state index contributed by atoms with van der Waals surface area (Å²) < 4.78 is 23.0. The van der Waals surface area contributed by atoms with E-state index in [9.17, 15) is 25.2 Å². The molecular formula is C59H110O9. The molecule has 0 amide bonds. The number of carbonyl (C=O) groups excluding carboxylic acids is 1. The molecule has 0 aromatic heterocycles. The molecule has 0 spiro atoms. The first-order valence-electron chi connectivity index (χ1n) is 29.1. The second kappa shape index (κ2) is 50.4. The fourth-order valence-electron chi connectivity index (χ4n) is 8.99. The summed E-state index contributed by atoms with van der Waals surface area (Å²) in [6.07, 6.45) is 56.2. The van der Waals surface area contributed by atoms with Crippen LogP contribution in [-0.2, 0) is 23.7 Å². The second-order valence-corrected chi connectivity index (χ2v) is 20.1. The first kappa shape index (κ1) is 64.4. The maximum atomic E-state index is 12.9. The summed E-state index contributed by atoms with van der Waals surface area (Å²) in [5.74, 6) is -0.312. The molecule has 1 saturated heterocycles. The molecular weight excluding hydrogens is 853 g/mol. The monoisotopic (exact) mass is 963 g/mol. The minimum atomic E-state index is -1.54. The Balaban J connectivity index is 2.15. The van der Waals surface area contributed by atoms with E-state index >= 15 is 0 Å². The number of hydrogen-bond donors (Lipinski definition) is 4. The third kappa shape index (κ3) is 40.1. The maximum absolute atomic E-state index is 12.9. The quantitative estimate of drug-likeness (QED) is 0.0267. The third-order valence-electron chi connectivity index (χ3n) is 13.5. The minimum absolute atomic E-state index is 0.112. The highest BCUT2D eigenvalue weighted by Gasteiger charge is 2.44. The van der Waals surface area contributed by atoms with Crippen molar-refractivity contribution in [1.82, 2.24) is 0 Å². The van der Waals surface area contributed by atoms with E-state index < -0.39 is 43.4 Å². The number of unbranched alkanes of at least 4 members (excludes halogenated alkanes) is 34. The predicted molar refractivity (Wildman–Crippen MR) is 284 cm³/mol. The van der Waals surface area contributed by atoms with Gasteiger partial charge in [-0.1, -0.05) is 230 Å². The lowest BCUT2D eigenvalue weighted by Crippen LogP contribution is -2.59. The van der Waals surface area contributed by atoms with Gasteiger partial charge in [0.15, 0.2) is 6.29 Å². The van der Waals surface area contributed by atoms with Crippen LogP contribution >= 0.6 is 0 Å². The van der Waals surface area contributed by atoms with Crippen molar-refractivity contribution in [2.45, 2.75) is 307 Å². The van der Waals surface area contributed by atoms with Gasteiger partial charge in [-0.3, -0.25) is 4.79 Å². The second-order valence-electron chi connectivity index (χ2n) is 20.1. The topological polar surface area (TPSA) is 135 Å². The van der Waals surface area contributed by atoms with Crippen molar-refractivity contribution in [2.24, 2.45) is 0 Å². The molecule has 0 saturated carbocycles. The van der Waals surface area contributed by atoms with Gasteiger partial charge in [0.05, 0.1) is 19.8 Å². The van der Waals surface area contributed by atoms with Crippen molar-refractivity contribution in [3.05, 3.63) is 36.5 Å². The van der Waals surface area contributed by atoms with E-state index in [0.29, 0.717) is 13.0 Å². The van der Waals surface area contributed by atoms with E-state index in [2.05, 4.69) is 50.3 Å². The van der Waals surface area contributed by atoms with E-state index in [0.717, 1.165) is 38.5 Å². The van der Waals surface area contributed by atoms with Gasteiger partial charge in [0, 0.05) is 13.0 Å². The lowest BCUT2D eigenvalue weighted by molar-refractivity contribution is -0.305. The Hall–Kier alpha value is -1.59. The fourth-order valence-corrected chi connectivity index (χ4v) is 8.99. The van der Waals surface area contributed by atoms with E-state index in [1.54, 1.807) is 0 Å². The van der Waals surface area contributed by atoms with Gasteiger partial charge in [0.25, 0.3) is 0 Å². The van der Waals surface area contributed by atoms with Gasteiger partial charge in [-0.15, -0.1) is 0 Å².